The quantitative estimate of drug-likeness (QED) is 0.477. The van der Waals surface area contributed by atoms with Gasteiger partial charge in [-0.15, -0.1) is 0 Å². The van der Waals surface area contributed by atoms with E-state index < -0.39 is 26.7 Å². The Balaban J connectivity index is 1.72. The average Bonchev–Trinajstić information content (AvgIpc) is 3.44. The zero-order chi connectivity index (χ0) is 22.5. The van der Waals surface area contributed by atoms with Gasteiger partial charge in [-0.2, -0.15) is 13.2 Å². The average molecular weight is 460 g/mol. The van der Waals surface area contributed by atoms with E-state index in [1.54, 1.807) is 30.3 Å². The van der Waals surface area contributed by atoms with E-state index in [0.717, 1.165) is 35.6 Å². The van der Waals surface area contributed by atoms with Gasteiger partial charge in [0.1, 0.15) is 5.82 Å². The standard InChI is InChI=1S/C22H19F3N4O2S/c23-22(24,25)14-4-3-5-16(12-14)32(30,31)29-11-9-18-20(29)17-6-1-2-7-19(17)28-21(18)27-15-8-10-26-13-15/h1-7,9,11-12,15,26H,8,10,13H2,(H,27,28)/t15-/m1/s1. The molecule has 0 amide bonds. The largest absolute Gasteiger partial charge is 0.416 e. The second-order valence-corrected chi connectivity index (χ2v) is 9.53. The highest BCUT2D eigenvalue weighted by Gasteiger charge is 2.32. The molecule has 0 bridgehead atoms. The number of nitrogens with one attached hydrogen (secondary N) is 2. The van der Waals surface area contributed by atoms with E-state index in [1.807, 2.05) is 0 Å². The first-order chi connectivity index (χ1) is 15.2. The van der Waals surface area contributed by atoms with Crippen molar-refractivity contribution in [3.63, 3.8) is 0 Å². The van der Waals surface area contributed by atoms with E-state index in [0.29, 0.717) is 33.7 Å². The molecule has 10 heteroatoms. The Morgan fingerprint density at radius 2 is 1.88 bits per heavy atom. The van der Waals surface area contributed by atoms with Crippen molar-refractivity contribution in [1.82, 2.24) is 14.3 Å². The van der Waals surface area contributed by atoms with Gasteiger partial charge >= 0.3 is 6.18 Å². The van der Waals surface area contributed by atoms with Crippen LogP contribution >= 0.6 is 0 Å². The van der Waals surface area contributed by atoms with Gasteiger partial charge in [0.25, 0.3) is 10.0 Å². The fourth-order valence-electron chi connectivity index (χ4n) is 4.05. The van der Waals surface area contributed by atoms with Crippen molar-refractivity contribution in [3.8, 4) is 0 Å². The van der Waals surface area contributed by atoms with Crippen LogP contribution < -0.4 is 10.6 Å². The Labute approximate surface area is 182 Å². The Hall–Kier alpha value is -3.11. The van der Waals surface area contributed by atoms with Crippen molar-refractivity contribution in [1.29, 1.82) is 0 Å². The monoisotopic (exact) mass is 460 g/mol. The number of para-hydroxylation sites is 1. The molecule has 166 valence electrons. The van der Waals surface area contributed by atoms with Crippen molar-refractivity contribution in [2.45, 2.75) is 23.5 Å². The predicted octanol–water partition coefficient (Wildman–Crippen LogP) is 4.22. The molecule has 0 spiro atoms. The molecule has 2 N–H and O–H groups in total. The minimum absolute atomic E-state index is 0.148. The van der Waals surface area contributed by atoms with Gasteiger partial charge in [0.15, 0.2) is 0 Å². The first-order valence-corrected chi connectivity index (χ1v) is 11.5. The van der Waals surface area contributed by atoms with Crippen molar-refractivity contribution >= 4 is 37.6 Å². The van der Waals surface area contributed by atoms with Crippen molar-refractivity contribution in [2.24, 2.45) is 0 Å². The highest BCUT2D eigenvalue weighted by atomic mass is 32.2. The van der Waals surface area contributed by atoms with Gasteiger partial charge in [-0.1, -0.05) is 24.3 Å². The number of fused-ring (bicyclic) bond motifs is 3. The Bertz CT molecular complexity index is 1420. The van der Waals surface area contributed by atoms with E-state index in [4.69, 9.17) is 0 Å². The molecule has 2 aromatic heterocycles. The minimum atomic E-state index is -4.65. The number of rotatable bonds is 4. The molecule has 1 fully saturated rings. The molecule has 32 heavy (non-hydrogen) atoms. The molecular weight excluding hydrogens is 441 g/mol. The molecule has 5 rings (SSSR count). The van der Waals surface area contributed by atoms with Gasteiger partial charge < -0.3 is 10.6 Å². The summed E-state index contributed by atoms with van der Waals surface area (Å²) in [5, 5.41) is 7.83. The van der Waals surface area contributed by atoms with Crippen LogP contribution in [0, 0.1) is 0 Å². The number of halogens is 3. The third kappa shape index (κ3) is 3.49. The van der Waals surface area contributed by atoms with Gasteiger partial charge in [-0.05, 0) is 43.3 Å². The summed E-state index contributed by atoms with van der Waals surface area (Å²) in [6.45, 7) is 1.64. The first kappa shape index (κ1) is 20.8. The van der Waals surface area contributed by atoms with Crippen molar-refractivity contribution in [2.75, 3.05) is 18.4 Å². The van der Waals surface area contributed by atoms with Crippen LogP contribution in [0.4, 0.5) is 19.0 Å². The normalized spacial score (nSPS) is 17.3. The molecular formula is C22H19F3N4O2S. The number of anilines is 1. The summed E-state index contributed by atoms with van der Waals surface area (Å²) < 4.78 is 67.5. The lowest BCUT2D eigenvalue weighted by atomic mass is 10.1. The molecule has 1 atom stereocenters. The number of alkyl halides is 3. The minimum Gasteiger partial charge on any atom is -0.365 e. The zero-order valence-electron chi connectivity index (χ0n) is 16.7. The molecule has 0 aliphatic carbocycles. The molecule has 0 saturated carbocycles. The smallest absolute Gasteiger partial charge is 0.365 e. The summed E-state index contributed by atoms with van der Waals surface area (Å²) in [7, 11) is -4.29. The van der Waals surface area contributed by atoms with E-state index in [-0.39, 0.29) is 6.04 Å². The zero-order valence-corrected chi connectivity index (χ0v) is 17.5. The summed E-state index contributed by atoms with van der Waals surface area (Å²) in [6, 6.07) is 12.7. The molecule has 1 aliphatic heterocycles. The van der Waals surface area contributed by atoms with Crippen molar-refractivity contribution in [3.05, 3.63) is 66.4 Å². The number of aromatic nitrogens is 2. The van der Waals surface area contributed by atoms with Crippen LogP contribution in [-0.4, -0.2) is 36.5 Å². The summed E-state index contributed by atoms with van der Waals surface area (Å²) >= 11 is 0. The third-order valence-electron chi connectivity index (χ3n) is 5.62. The predicted molar refractivity (Wildman–Crippen MR) is 116 cm³/mol. The van der Waals surface area contributed by atoms with Gasteiger partial charge in [-0.3, -0.25) is 0 Å². The molecule has 0 unspecified atom stereocenters. The van der Waals surface area contributed by atoms with Gasteiger partial charge in [0.05, 0.1) is 21.5 Å². The highest BCUT2D eigenvalue weighted by molar-refractivity contribution is 7.90. The van der Waals surface area contributed by atoms with Crippen molar-refractivity contribution < 1.29 is 21.6 Å². The molecule has 1 saturated heterocycles. The lowest BCUT2D eigenvalue weighted by Gasteiger charge is -2.16. The number of pyridine rings is 1. The first-order valence-electron chi connectivity index (χ1n) is 10.0. The molecule has 4 aromatic rings. The topological polar surface area (TPSA) is 76.0 Å². The van der Waals surface area contributed by atoms with E-state index >= 15 is 0 Å². The SMILES string of the molecule is O=S(=O)(c1cccc(C(F)(F)F)c1)n1ccc2c(N[C@@H]3CCNC3)nc3ccccc3c21. The van der Waals surface area contributed by atoms with Gasteiger partial charge in [-0.25, -0.2) is 17.4 Å². The molecule has 0 radical (unpaired) electrons. The Morgan fingerprint density at radius 1 is 1.06 bits per heavy atom. The molecule has 2 aromatic carbocycles. The molecule has 6 nitrogen and oxygen atoms in total. The second kappa shape index (κ2) is 7.49. The maximum Gasteiger partial charge on any atom is 0.416 e. The fourth-order valence-corrected chi connectivity index (χ4v) is 5.46. The number of hydrogen-bond acceptors (Lipinski definition) is 5. The molecule has 1 aliphatic rings. The van der Waals surface area contributed by atoms with Crippen LogP contribution in [0.15, 0.2) is 65.7 Å². The number of hydrogen-bond donors (Lipinski definition) is 2. The van der Waals surface area contributed by atoms with Gasteiger partial charge in [0, 0.05) is 29.6 Å². The van der Waals surface area contributed by atoms with Gasteiger partial charge in [0.2, 0.25) is 0 Å². The van der Waals surface area contributed by atoms with Crippen LogP contribution in [0.3, 0.4) is 0 Å². The number of nitrogens with zero attached hydrogens (tertiary/aromatic N) is 2. The maximum atomic E-state index is 13.4. The highest BCUT2D eigenvalue weighted by Crippen LogP contribution is 2.35. The van der Waals surface area contributed by atoms with Crippen LogP contribution in [-0.2, 0) is 16.2 Å². The lowest BCUT2D eigenvalue weighted by Crippen LogP contribution is -2.22. The second-order valence-electron chi connectivity index (χ2n) is 7.72. The van der Waals surface area contributed by atoms with E-state index in [2.05, 4.69) is 15.6 Å². The summed E-state index contributed by atoms with van der Waals surface area (Å²) in [5.41, 5.74) is -0.0493. The van der Waals surface area contributed by atoms with E-state index in [1.165, 1.54) is 12.3 Å². The van der Waals surface area contributed by atoms with Crippen LogP contribution in [0.5, 0.6) is 0 Å². The van der Waals surface area contributed by atoms with Crippen LogP contribution in [0.1, 0.15) is 12.0 Å². The Morgan fingerprint density at radius 3 is 2.62 bits per heavy atom. The maximum absolute atomic E-state index is 13.4. The fraction of sp³-hybridized carbons (Fsp3) is 0.227. The molecule has 3 heterocycles. The Kier molecular flexibility index (Phi) is 4.86. The summed E-state index contributed by atoms with van der Waals surface area (Å²) in [5.74, 6) is 0.547. The third-order valence-corrected chi connectivity index (χ3v) is 7.29. The van der Waals surface area contributed by atoms with E-state index in [9.17, 15) is 21.6 Å². The summed E-state index contributed by atoms with van der Waals surface area (Å²) in [6.07, 6.45) is -2.38. The van der Waals surface area contributed by atoms with Crippen LogP contribution in [0.2, 0.25) is 0 Å². The lowest BCUT2D eigenvalue weighted by molar-refractivity contribution is -0.137. The summed E-state index contributed by atoms with van der Waals surface area (Å²) in [4.78, 5) is 4.26. The van der Waals surface area contributed by atoms with Crippen LogP contribution in [0.25, 0.3) is 21.8 Å². The number of benzene rings is 2.